The van der Waals surface area contributed by atoms with E-state index in [1.165, 1.54) is 25.7 Å². The predicted octanol–water partition coefficient (Wildman–Crippen LogP) is 3.25. The highest BCUT2D eigenvalue weighted by atomic mass is 16.5. The third-order valence-electron chi connectivity index (χ3n) is 8.07. The molecule has 9 nitrogen and oxygen atoms in total. The van der Waals surface area contributed by atoms with E-state index in [0.717, 1.165) is 49.4 Å². The Bertz CT molecular complexity index is 1250. The number of nitrogens with zero attached hydrogens (tertiary/aromatic N) is 4. The van der Waals surface area contributed by atoms with Crippen molar-refractivity contribution >= 4 is 28.6 Å². The average Bonchev–Trinajstić information content (AvgIpc) is 3.57. The minimum Gasteiger partial charge on any atom is -0.496 e. The van der Waals surface area contributed by atoms with Crippen LogP contribution in [0.2, 0.25) is 0 Å². The molecule has 0 bridgehead atoms. The molecule has 1 saturated heterocycles. The maximum absolute atomic E-state index is 13.0. The molecule has 0 unspecified atom stereocenters. The summed E-state index contributed by atoms with van der Waals surface area (Å²) < 4.78 is 7.57. The molecule has 3 aromatic rings. The van der Waals surface area contributed by atoms with E-state index in [4.69, 9.17) is 10.5 Å². The van der Waals surface area contributed by atoms with E-state index in [9.17, 15) is 4.79 Å². The Hall–Kier alpha value is -3.20. The number of methoxy groups -OCH3 is 1. The first-order chi connectivity index (χ1) is 17.0. The molecule has 184 valence electrons. The molecular weight excluding hydrogens is 442 g/mol. The Morgan fingerprint density at radius 2 is 2.06 bits per heavy atom. The number of ether oxygens (including phenoxy) is 1. The minimum absolute atomic E-state index is 0.0727. The molecule has 35 heavy (non-hydrogen) atoms. The van der Waals surface area contributed by atoms with Crippen LogP contribution in [0.3, 0.4) is 0 Å². The molecule has 0 amide bonds. The maximum atomic E-state index is 13.0. The molecule has 4 N–H and O–H groups in total. The number of carbonyl (C=O) groups is 1. The van der Waals surface area contributed by atoms with E-state index in [-0.39, 0.29) is 17.6 Å². The number of Topliss-reactive ketones (excluding diaryl/α,β-unsaturated/α-hetero) is 1. The second-order valence-electron chi connectivity index (χ2n) is 10.5. The zero-order chi connectivity index (χ0) is 24.0. The minimum atomic E-state index is 0.0727. The zero-order valence-corrected chi connectivity index (χ0v) is 20.2. The Morgan fingerprint density at radius 3 is 2.80 bits per heavy atom. The van der Waals surface area contributed by atoms with Gasteiger partial charge in [0.25, 0.3) is 0 Å². The molecular formula is C26H33N7O2. The smallest absolute Gasteiger partial charge is 0.222 e. The molecule has 3 fully saturated rings. The quantitative estimate of drug-likeness (QED) is 0.425. The number of hydrogen-bond acceptors (Lipinski definition) is 8. The van der Waals surface area contributed by atoms with E-state index in [2.05, 4.69) is 25.7 Å². The van der Waals surface area contributed by atoms with E-state index in [1.54, 1.807) is 13.3 Å². The summed E-state index contributed by atoms with van der Waals surface area (Å²) in [6, 6.07) is 5.74. The molecule has 2 aliphatic carbocycles. The fourth-order valence-corrected chi connectivity index (χ4v) is 5.90. The van der Waals surface area contributed by atoms with Crippen LogP contribution in [0.1, 0.15) is 54.4 Å². The van der Waals surface area contributed by atoms with Gasteiger partial charge in [-0.25, -0.2) is 4.98 Å². The summed E-state index contributed by atoms with van der Waals surface area (Å²) in [7, 11) is 1.64. The molecule has 9 heteroatoms. The molecule has 0 atom stereocenters. The van der Waals surface area contributed by atoms with Crippen molar-refractivity contribution in [2.24, 2.45) is 17.3 Å². The van der Waals surface area contributed by atoms with Crippen molar-refractivity contribution in [2.75, 3.05) is 37.8 Å². The van der Waals surface area contributed by atoms with Crippen molar-refractivity contribution < 1.29 is 9.53 Å². The van der Waals surface area contributed by atoms with Gasteiger partial charge in [0.15, 0.2) is 11.6 Å². The van der Waals surface area contributed by atoms with E-state index < -0.39 is 0 Å². The van der Waals surface area contributed by atoms with Gasteiger partial charge in [0.05, 0.1) is 19.9 Å². The summed E-state index contributed by atoms with van der Waals surface area (Å²) in [5.74, 6) is 2.60. The largest absolute Gasteiger partial charge is 0.496 e. The summed E-state index contributed by atoms with van der Waals surface area (Å²) in [5.41, 5.74) is 9.85. The fraction of sp³-hybridized carbons (Fsp3) is 0.538. The van der Waals surface area contributed by atoms with Crippen LogP contribution < -0.4 is 21.1 Å². The summed E-state index contributed by atoms with van der Waals surface area (Å²) in [6.07, 6.45) is 8.88. The molecule has 6 rings (SSSR count). The van der Waals surface area contributed by atoms with Gasteiger partial charge in [-0.05, 0) is 69.0 Å². The summed E-state index contributed by atoms with van der Waals surface area (Å²) in [6.45, 7) is 3.14. The lowest BCUT2D eigenvalue weighted by atomic mass is 9.72. The van der Waals surface area contributed by atoms with Crippen molar-refractivity contribution in [1.29, 1.82) is 0 Å². The van der Waals surface area contributed by atoms with Crippen LogP contribution in [-0.2, 0) is 6.54 Å². The van der Waals surface area contributed by atoms with Gasteiger partial charge in [0, 0.05) is 23.6 Å². The Morgan fingerprint density at radius 1 is 1.26 bits per heavy atom. The lowest BCUT2D eigenvalue weighted by molar-refractivity contribution is 0.0894. The lowest BCUT2D eigenvalue weighted by Gasteiger charge is -2.36. The SMILES string of the molecule is COc1cc(C(=O)C2CCNCC2)ccc1Cn1ncc2nc(N)nc(NCC3CC4(CC4)C3)c21. The molecule has 1 spiro atoms. The highest BCUT2D eigenvalue weighted by Crippen LogP contribution is 2.63. The number of ketones is 1. The van der Waals surface area contributed by atoms with Gasteiger partial charge in [-0.2, -0.15) is 10.1 Å². The predicted molar refractivity (Wildman–Crippen MR) is 135 cm³/mol. The molecule has 3 heterocycles. The summed E-state index contributed by atoms with van der Waals surface area (Å²) in [4.78, 5) is 21.9. The molecule has 1 aromatic carbocycles. The first-order valence-corrected chi connectivity index (χ1v) is 12.7. The number of carbonyl (C=O) groups excluding carboxylic acids is 1. The van der Waals surface area contributed by atoms with Gasteiger partial charge in [-0.15, -0.1) is 0 Å². The number of benzene rings is 1. The molecule has 3 aliphatic rings. The topological polar surface area (TPSA) is 120 Å². The van der Waals surface area contributed by atoms with Crippen LogP contribution in [0.15, 0.2) is 24.4 Å². The third kappa shape index (κ3) is 4.33. The average molecular weight is 476 g/mol. The second-order valence-corrected chi connectivity index (χ2v) is 10.5. The van der Waals surface area contributed by atoms with Crippen molar-refractivity contribution in [3.05, 3.63) is 35.5 Å². The number of nitrogens with one attached hydrogen (secondary N) is 2. The van der Waals surface area contributed by atoms with Gasteiger partial charge < -0.3 is 21.1 Å². The van der Waals surface area contributed by atoms with Crippen LogP contribution in [0, 0.1) is 17.3 Å². The molecule has 1 aliphatic heterocycles. The maximum Gasteiger partial charge on any atom is 0.222 e. The zero-order valence-electron chi connectivity index (χ0n) is 20.2. The lowest BCUT2D eigenvalue weighted by Crippen LogP contribution is -2.31. The number of anilines is 2. The highest BCUT2D eigenvalue weighted by Gasteiger charge is 2.52. The van der Waals surface area contributed by atoms with Crippen molar-refractivity contribution in [1.82, 2.24) is 25.1 Å². The van der Waals surface area contributed by atoms with Crippen LogP contribution in [-0.4, -0.2) is 52.3 Å². The van der Waals surface area contributed by atoms with Gasteiger partial charge >= 0.3 is 0 Å². The molecule has 0 radical (unpaired) electrons. The van der Waals surface area contributed by atoms with Crippen LogP contribution >= 0.6 is 0 Å². The molecule has 2 aromatic heterocycles. The van der Waals surface area contributed by atoms with Gasteiger partial charge in [-0.3, -0.25) is 9.48 Å². The Labute approximate surface area is 204 Å². The number of aromatic nitrogens is 4. The van der Waals surface area contributed by atoms with E-state index in [0.29, 0.717) is 34.7 Å². The monoisotopic (exact) mass is 475 g/mol. The van der Waals surface area contributed by atoms with Crippen LogP contribution in [0.25, 0.3) is 11.0 Å². The number of nitrogens with two attached hydrogens (primary N) is 1. The normalized spacial score (nSPS) is 19.6. The number of piperidine rings is 1. The van der Waals surface area contributed by atoms with Crippen molar-refractivity contribution in [3.63, 3.8) is 0 Å². The van der Waals surface area contributed by atoms with Gasteiger partial charge in [0.2, 0.25) is 5.95 Å². The number of rotatable bonds is 8. The summed E-state index contributed by atoms with van der Waals surface area (Å²) >= 11 is 0. The molecule has 2 saturated carbocycles. The third-order valence-corrected chi connectivity index (χ3v) is 8.07. The van der Waals surface area contributed by atoms with Crippen molar-refractivity contribution in [3.8, 4) is 5.75 Å². The van der Waals surface area contributed by atoms with Crippen molar-refractivity contribution in [2.45, 2.75) is 45.1 Å². The number of hydrogen-bond donors (Lipinski definition) is 3. The fourth-order valence-electron chi connectivity index (χ4n) is 5.90. The van der Waals surface area contributed by atoms with E-state index in [1.807, 2.05) is 22.9 Å². The van der Waals surface area contributed by atoms with Gasteiger partial charge in [-0.1, -0.05) is 12.1 Å². The highest BCUT2D eigenvalue weighted by molar-refractivity contribution is 5.98. The number of fused-ring (bicyclic) bond motifs is 1. The summed E-state index contributed by atoms with van der Waals surface area (Å²) in [5, 5.41) is 11.4. The van der Waals surface area contributed by atoms with Crippen LogP contribution in [0.5, 0.6) is 5.75 Å². The number of nitrogen functional groups attached to an aromatic ring is 1. The van der Waals surface area contributed by atoms with Crippen LogP contribution in [0.4, 0.5) is 11.8 Å². The Balaban J connectivity index is 1.23. The van der Waals surface area contributed by atoms with E-state index >= 15 is 0 Å². The standard InChI is InChI=1S/C26H33N7O2/c1-35-21-10-18(23(34)17-4-8-28-9-5-17)2-3-19(21)15-33-22-20(14-30-33)31-25(27)32-24(22)29-13-16-11-26(12-16)6-7-26/h2-3,10,14,16-17,28H,4-9,11-13,15H2,1H3,(H3,27,29,31,32). The second kappa shape index (κ2) is 8.78. The first-order valence-electron chi connectivity index (χ1n) is 12.7. The Kier molecular flexibility index (Phi) is 5.59. The first kappa shape index (κ1) is 22.3. The van der Waals surface area contributed by atoms with Gasteiger partial charge in [0.1, 0.15) is 16.8 Å².